The van der Waals surface area contributed by atoms with E-state index < -0.39 is 0 Å². The monoisotopic (exact) mass is 343 g/mol. The molecular formula is C20H45N3O. The highest BCUT2D eigenvalue weighted by Gasteiger charge is 2.23. The third-order valence-electron chi connectivity index (χ3n) is 5.17. The van der Waals surface area contributed by atoms with Crippen molar-refractivity contribution in [3.05, 3.63) is 0 Å². The maximum absolute atomic E-state index is 5.83. The Kier molecular flexibility index (Phi) is 16.2. The van der Waals surface area contributed by atoms with Crippen molar-refractivity contribution in [1.82, 2.24) is 16.0 Å². The van der Waals surface area contributed by atoms with Crippen LogP contribution in [0.3, 0.4) is 0 Å². The van der Waals surface area contributed by atoms with Gasteiger partial charge in [-0.2, -0.15) is 0 Å². The first-order chi connectivity index (χ1) is 11.6. The molecule has 0 aliphatic carbocycles. The van der Waals surface area contributed by atoms with Crippen LogP contribution in [0.4, 0.5) is 0 Å². The highest BCUT2D eigenvalue weighted by atomic mass is 16.5. The van der Waals surface area contributed by atoms with Gasteiger partial charge in [0.15, 0.2) is 0 Å². The standard InChI is InChI=1S/C20H45N3O/c1-6-7-8-9-10-11-12-13-14-16-24-17-15-19(21-3)18-20(2,22-4)23-5/h19,21-23H,6-18H2,1-5H3. The predicted octanol–water partition coefficient (Wildman–Crippen LogP) is 4.06. The Labute approximate surface area is 151 Å². The highest BCUT2D eigenvalue weighted by Crippen LogP contribution is 2.11. The number of hydrogen-bond donors (Lipinski definition) is 3. The Morgan fingerprint density at radius 2 is 1.33 bits per heavy atom. The summed E-state index contributed by atoms with van der Waals surface area (Å²) >= 11 is 0. The molecule has 1 atom stereocenters. The normalized spacial score (nSPS) is 13.4. The van der Waals surface area contributed by atoms with Gasteiger partial charge in [-0.1, -0.05) is 58.3 Å². The molecule has 0 heterocycles. The average molecular weight is 344 g/mol. The quantitative estimate of drug-likeness (QED) is 0.259. The number of ether oxygens (including phenoxy) is 1. The van der Waals surface area contributed by atoms with Crippen LogP contribution in [0.2, 0.25) is 0 Å². The summed E-state index contributed by atoms with van der Waals surface area (Å²) in [5, 5.41) is 10.1. The largest absolute Gasteiger partial charge is 0.381 e. The Bertz CT molecular complexity index is 257. The molecule has 0 amide bonds. The van der Waals surface area contributed by atoms with Crippen LogP contribution in [0.25, 0.3) is 0 Å². The van der Waals surface area contributed by atoms with Gasteiger partial charge in [0.1, 0.15) is 0 Å². The summed E-state index contributed by atoms with van der Waals surface area (Å²) in [4.78, 5) is 0. The van der Waals surface area contributed by atoms with E-state index in [-0.39, 0.29) is 5.66 Å². The van der Waals surface area contributed by atoms with E-state index in [0.29, 0.717) is 6.04 Å². The van der Waals surface area contributed by atoms with Crippen molar-refractivity contribution >= 4 is 0 Å². The van der Waals surface area contributed by atoms with Gasteiger partial charge in [0.25, 0.3) is 0 Å². The first-order valence-corrected chi connectivity index (χ1v) is 10.2. The van der Waals surface area contributed by atoms with E-state index in [2.05, 4.69) is 29.8 Å². The van der Waals surface area contributed by atoms with E-state index in [1.807, 2.05) is 21.1 Å². The van der Waals surface area contributed by atoms with E-state index in [0.717, 1.165) is 26.1 Å². The molecule has 0 aromatic carbocycles. The minimum absolute atomic E-state index is 0.0230. The molecule has 0 radical (unpaired) electrons. The fourth-order valence-corrected chi connectivity index (χ4v) is 3.01. The van der Waals surface area contributed by atoms with Gasteiger partial charge in [0.05, 0.1) is 5.66 Å². The molecule has 1 unspecified atom stereocenters. The van der Waals surface area contributed by atoms with E-state index in [1.54, 1.807) is 0 Å². The van der Waals surface area contributed by atoms with Crippen molar-refractivity contribution in [3.63, 3.8) is 0 Å². The molecule has 146 valence electrons. The Morgan fingerprint density at radius 3 is 1.83 bits per heavy atom. The molecule has 0 fully saturated rings. The summed E-state index contributed by atoms with van der Waals surface area (Å²) in [6.45, 7) is 6.24. The molecule has 0 spiro atoms. The molecule has 3 N–H and O–H groups in total. The molecule has 4 nitrogen and oxygen atoms in total. The number of nitrogens with one attached hydrogen (secondary N) is 3. The van der Waals surface area contributed by atoms with Gasteiger partial charge in [-0.3, -0.25) is 0 Å². The van der Waals surface area contributed by atoms with Crippen molar-refractivity contribution in [1.29, 1.82) is 0 Å². The fourth-order valence-electron chi connectivity index (χ4n) is 3.01. The lowest BCUT2D eigenvalue weighted by molar-refractivity contribution is 0.115. The Balaban J connectivity index is 3.47. The summed E-state index contributed by atoms with van der Waals surface area (Å²) in [6, 6.07) is 0.470. The van der Waals surface area contributed by atoms with E-state index >= 15 is 0 Å². The summed E-state index contributed by atoms with van der Waals surface area (Å²) in [5.74, 6) is 0. The van der Waals surface area contributed by atoms with Gasteiger partial charge in [0.2, 0.25) is 0 Å². The van der Waals surface area contributed by atoms with Crippen LogP contribution in [0.1, 0.15) is 84.5 Å². The first kappa shape index (κ1) is 23.8. The minimum Gasteiger partial charge on any atom is -0.381 e. The molecule has 0 bridgehead atoms. The van der Waals surface area contributed by atoms with Crippen LogP contribution in [0, 0.1) is 0 Å². The third kappa shape index (κ3) is 13.2. The zero-order chi connectivity index (χ0) is 18.1. The molecule has 0 aliphatic heterocycles. The average Bonchev–Trinajstić information content (AvgIpc) is 2.61. The summed E-state index contributed by atoms with van der Waals surface area (Å²) < 4.78 is 5.83. The van der Waals surface area contributed by atoms with E-state index in [9.17, 15) is 0 Å². The van der Waals surface area contributed by atoms with Crippen molar-refractivity contribution in [2.75, 3.05) is 34.4 Å². The van der Waals surface area contributed by atoms with Gasteiger partial charge in [0, 0.05) is 19.3 Å². The van der Waals surface area contributed by atoms with E-state index in [1.165, 1.54) is 57.8 Å². The van der Waals surface area contributed by atoms with Gasteiger partial charge in [-0.05, 0) is 47.3 Å². The predicted molar refractivity (Wildman–Crippen MR) is 107 cm³/mol. The molecule has 0 saturated heterocycles. The Morgan fingerprint density at radius 1 is 0.792 bits per heavy atom. The minimum atomic E-state index is -0.0230. The van der Waals surface area contributed by atoms with E-state index in [4.69, 9.17) is 4.74 Å². The maximum atomic E-state index is 5.83. The number of unbranched alkanes of at least 4 members (excludes halogenated alkanes) is 8. The molecular weight excluding hydrogens is 298 g/mol. The van der Waals surface area contributed by atoms with Crippen LogP contribution in [0.15, 0.2) is 0 Å². The lowest BCUT2D eigenvalue weighted by Gasteiger charge is -2.33. The van der Waals surface area contributed by atoms with Crippen molar-refractivity contribution in [2.24, 2.45) is 0 Å². The molecule has 0 aliphatic rings. The molecule has 0 rings (SSSR count). The van der Waals surface area contributed by atoms with Crippen molar-refractivity contribution in [3.8, 4) is 0 Å². The SMILES string of the molecule is CCCCCCCCCCCOCCC(CC(C)(NC)NC)NC. The van der Waals surface area contributed by atoms with Crippen LogP contribution in [-0.4, -0.2) is 46.1 Å². The van der Waals surface area contributed by atoms with Crippen LogP contribution >= 0.6 is 0 Å². The third-order valence-corrected chi connectivity index (χ3v) is 5.17. The second-order valence-corrected chi connectivity index (χ2v) is 7.25. The number of rotatable bonds is 18. The van der Waals surface area contributed by atoms with Gasteiger partial charge in [-0.25, -0.2) is 0 Å². The summed E-state index contributed by atoms with van der Waals surface area (Å²) in [6.07, 6.45) is 14.4. The highest BCUT2D eigenvalue weighted by molar-refractivity contribution is 4.83. The van der Waals surface area contributed by atoms with Crippen LogP contribution in [0.5, 0.6) is 0 Å². The zero-order valence-corrected chi connectivity index (χ0v) is 17.2. The molecule has 0 aromatic rings. The van der Waals surface area contributed by atoms with Gasteiger partial charge < -0.3 is 20.7 Å². The smallest absolute Gasteiger partial charge is 0.0668 e. The van der Waals surface area contributed by atoms with Crippen molar-refractivity contribution in [2.45, 2.75) is 96.2 Å². The second kappa shape index (κ2) is 16.3. The topological polar surface area (TPSA) is 45.3 Å². The lowest BCUT2D eigenvalue weighted by atomic mass is 10.00. The number of hydrogen-bond acceptors (Lipinski definition) is 4. The van der Waals surface area contributed by atoms with Gasteiger partial charge >= 0.3 is 0 Å². The first-order valence-electron chi connectivity index (χ1n) is 10.2. The molecule has 0 aromatic heterocycles. The second-order valence-electron chi connectivity index (χ2n) is 7.25. The molecule has 4 heteroatoms. The van der Waals surface area contributed by atoms with Gasteiger partial charge in [-0.15, -0.1) is 0 Å². The Hall–Kier alpha value is -0.160. The summed E-state index contributed by atoms with van der Waals surface area (Å²) in [5.41, 5.74) is -0.0230. The lowest BCUT2D eigenvalue weighted by Crippen LogP contribution is -2.54. The summed E-state index contributed by atoms with van der Waals surface area (Å²) in [7, 11) is 6.05. The fraction of sp³-hybridized carbons (Fsp3) is 1.00. The molecule has 24 heavy (non-hydrogen) atoms. The zero-order valence-electron chi connectivity index (χ0n) is 17.2. The van der Waals surface area contributed by atoms with Crippen LogP contribution in [-0.2, 0) is 4.74 Å². The van der Waals surface area contributed by atoms with Crippen LogP contribution < -0.4 is 16.0 Å². The molecule has 0 saturated carbocycles. The maximum Gasteiger partial charge on any atom is 0.0668 e. The van der Waals surface area contributed by atoms with Crippen molar-refractivity contribution < 1.29 is 4.74 Å².